The summed E-state index contributed by atoms with van der Waals surface area (Å²) in [4.78, 5) is 20.1. The maximum Gasteiger partial charge on any atom is 0.268 e. The molecule has 0 bridgehead atoms. The lowest BCUT2D eigenvalue weighted by molar-refractivity contribution is -0.0441. The van der Waals surface area contributed by atoms with Crippen LogP contribution in [0.2, 0.25) is 0 Å². The van der Waals surface area contributed by atoms with Crippen LogP contribution < -0.4 is 14.4 Å². The molecule has 0 spiro atoms. The number of amides is 1. The number of rotatable bonds is 9. The Labute approximate surface area is 240 Å². The number of hydrogen-bond acceptors (Lipinski definition) is 8. The molecule has 0 saturated carbocycles. The Bertz CT molecular complexity index is 1560. The molecule has 224 valence electrons. The average Bonchev–Trinajstić information content (AvgIpc) is 3.53. The SMILES string of the molecule is Cc1c(S(=O)(=O)NC(=O)c2ccc(-n3ccc(OCC(C)(C)C(F)(F)P)n3)nc2N2C[C@@H](C)CC2(C)C)cnn1C. The molecule has 1 fully saturated rings. The predicted molar refractivity (Wildman–Crippen MR) is 153 cm³/mol. The fourth-order valence-corrected chi connectivity index (χ4v) is 6.00. The highest BCUT2D eigenvalue weighted by atomic mass is 32.2. The summed E-state index contributed by atoms with van der Waals surface area (Å²) in [6.45, 7) is 10.9. The lowest BCUT2D eigenvalue weighted by Crippen LogP contribution is -2.41. The van der Waals surface area contributed by atoms with E-state index in [1.807, 2.05) is 18.7 Å². The summed E-state index contributed by atoms with van der Waals surface area (Å²) in [6.07, 6.45) is 3.60. The number of alkyl halides is 2. The number of hydrogen-bond donors (Lipinski definition) is 1. The van der Waals surface area contributed by atoms with Crippen molar-refractivity contribution in [3.05, 3.63) is 41.9 Å². The van der Waals surface area contributed by atoms with E-state index >= 15 is 0 Å². The first-order valence-corrected chi connectivity index (χ1v) is 15.1. The molecule has 1 amide bonds. The number of carbonyl (C=O) groups excluding carboxylic acids is 1. The summed E-state index contributed by atoms with van der Waals surface area (Å²) < 4.78 is 64.3. The fourth-order valence-electron chi connectivity index (χ4n) is 4.75. The van der Waals surface area contributed by atoms with Crippen LogP contribution in [0.25, 0.3) is 5.82 Å². The Morgan fingerprint density at radius 2 is 1.95 bits per heavy atom. The van der Waals surface area contributed by atoms with Crippen molar-refractivity contribution in [2.45, 2.75) is 64.1 Å². The zero-order valence-corrected chi connectivity index (χ0v) is 26.1. The summed E-state index contributed by atoms with van der Waals surface area (Å²) in [5.41, 5.74) is -4.39. The molecule has 2 atom stereocenters. The third kappa shape index (κ3) is 6.23. The van der Waals surface area contributed by atoms with Crippen molar-refractivity contribution in [1.29, 1.82) is 0 Å². The fraction of sp³-hybridized carbons (Fsp3) is 0.538. The smallest absolute Gasteiger partial charge is 0.268 e. The van der Waals surface area contributed by atoms with E-state index in [1.54, 1.807) is 20.2 Å². The van der Waals surface area contributed by atoms with Crippen LogP contribution in [0.4, 0.5) is 14.6 Å². The second-order valence-electron chi connectivity index (χ2n) is 11.8. The maximum atomic E-state index is 13.8. The van der Waals surface area contributed by atoms with E-state index in [2.05, 4.69) is 21.8 Å². The largest absolute Gasteiger partial charge is 0.476 e. The Morgan fingerprint density at radius 3 is 2.51 bits per heavy atom. The highest BCUT2D eigenvalue weighted by molar-refractivity contribution is 7.90. The number of ether oxygens (including phenoxy) is 1. The Balaban J connectivity index is 1.68. The summed E-state index contributed by atoms with van der Waals surface area (Å²) in [5, 5.41) is 8.29. The molecular formula is C26H36F2N7O4PS. The number of halogens is 2. The molecule has 1 aliphatic heterocycles. The van der Waals surface area contributed by atoms with Crippen LogP contribution in [0.15, 0.2) is 35.5 Å². The normalized spacial score (nSPS) is 17.6. The molecule has 1 aliphatic rings. The van der Waals surface area contributed by atoms with Crippen LogP contribution >= 0.6 is 9.24 Å². The van der Waals surface area contributed by atoms with Gasteiger partial charge in [0, 0.05) is 31.4 Å². The molecule has 3 aromatic heterocycles. The molecule has 0 aliphatic carbocycles. The van der Waals surface area contributed by atoms with E-state index in [1.165, 1.54) is 56.8 Å². The van der Waals surface area contributed by atoms with Crippen molar-refractivity contribution in [3.63, 3.8) is 0 Å². The molecular weight excluding hydrogens is 575 g/mol. The number of nitrogens with one attached hydrogen (secondary N) is 1. The number of pyridine rings is 1. The van der Waals surface area contributed by atoms with Crippen molar-refractivity contribution in [2.75, 3.05) is 18.1 Å². The second-order valence-corrected chi connectivity index (χ2v) is 14.2. The molecule has 4 rings (SSSR count). The van der Waals surface area contributed by atoms with E-state index in [0.717, 1.165) is 6.42 Å². The number of aryl methyl sites for hydroxylation is 1. The summed E-state index contributed by atoms with van der Waals surface area (Å²) in [7, 11) is -1.06. The summed E-state index contributed by atoms with van der Waals surface area (Å²) in [5.74, 6) is 0.238. The number of anilines is 1. The van der Waals surface area contributed by atoms with Gasteiger partial charge in [-0.25, -0.2) is 31.6 Å². The Hall–Kier alpha value is -3.12. The average molecular weight is 612 g/mol. The van der Waals surface area contributed by atoms with Crippen LogP contribution in [0.5, 0.6) is 5.88 Å². The van der Waals surface area contributed by atoms with Crippen molar-refractivity contribution in [3.8, 4) is 11.7 Å². The number of aromatic nitrogens is 5. The molecule has 0 aromatic carbocycles. The standard InChI is InChI=1S/C26H36F2N7O4PS/c1-16-12-25(5,6)34(14-16)22-18(23(36)32-41(37,38)19-13-29-33(7)17(19)2)8-9-20(30-22)35-11-10-21(31-35)39-15-24(3,4)26(27,28)40/h8-11,13,16H,12,14-15,40H2,1-7H3,(H,32,36)/t16-/m0/s1. The van der Waals surface area contributed by atoms with Gasteiger partial charge in [0.1, 0.15) is 17.3 Å². The van der Waals surface area contributed by atoms with Gasteiger partial charge in [-0.05, 0) is 45.2 Å². The number of sulfonamides is 1. The van der Waals surface area contributed by atoms with E-state index in [-0.39, 0.29) is 28.5 Å². The van der Waals surface area contributed by atoms with Gasteiger partial charge in [0.15, 0.2) is 5.82 Å². The van der Waals surface area contributed by atoms with Crippen molar-refractivity contribution >= 4 is 31.0 Å². The highest BCUT2D eigenvalue weighted by Crippen LogP contribution is 2.42. The topological polar surface area (TPSA) is 124 Å². The molecule has 3 aromatic rings. The minimum Gasteiger partial charge on any atom is -0.476 e. The molecule has 1 unspecified atom stereocenters. The van der Waals surface area contributed by atoms with Crippen LogP contribution in [-0.4, -0.2) is 63.2 Å². The third-order valence-corrected chi connectivity index (χ3v) is 9.64. The number of carbonyl (C=O) groups is 1. The Kier molecular flexibility index (Phi) is 7.98. The van der Waals surface area contributed by atoms with Crippen LogP contribution in [0, 0.1) is 18.3 Å². The van der Waals surface area contributed by atoms with Crippen LogP contribution in [0.1, 0.15) is 57.1 Å². The maximum absolute atomic E-state index is 13.8. The summed E-state index contributed by atoms with van der Waals surface area (Å²) in [6, 6.07) is 4.56. The zero-order valence-electron chi connectivity index (χ0n) is 24.1. The predicted octanol–water partition coefficient (Wildman–Crippen LogP) is 3.93. The zero-order chi connectivity index (χ0) is 30.5. The van der Waals surface area contributed by atoms with Gasteiger partial charge in [-0.1, -0.05) is 30.0 Å². The van der Waals surface area contributed by atoms with Crippen molar-refractivity contribution in [2.24, 2.45) is 18.4 Å². The Morgan fingerprint density at radius 1 is 1.27 bits per heavy atom. The second kappa shape index (κ2) is 10.6. The van der Waals surface area contributed by atoms with Crippen molar-refractivity contribution < 1.29 is 26.7 Å². The highest BCUT2D eigenvalue weighted by Gasteiger charge is 2.43. The van der Waals surface area contributed by atoms with Crippen molar-refractivity contribution in [1.82, 2.24) is 29.3 Å². The molecule has 4 heterocycles. The minimum absolute atomic E-state index is 0.0779. The quantitative estimate of drug-likeness (QED) is 0.361. The third-order valence-electron chi connectivity index (χ3n) is 7.42. The van der Waals surface area contributed by atoms with Crippen LogP contribution in [-0.2, 0) is 17.1 Å². The van der Waals surface area contributed by atoms with Gasteiger partial charge < -0.3 is 9.64 Å². The minimum atomic E-state index is -4.20. The summed E-state index contributed by atoms with van der Waals surface area (Å²) >= 11 is 0. The molecule has 41 heavy (non-hydrogen) atoms. The van der Waals surface area contributed by atoms with Crippen LogP contribution in [0.3, 0.4) is 0 Å². The van der Waals surface area contributed by atoms with Gasteiger partial charge in [-0.2, -0.15) is 5.10 Å². The van der Waals surface area contributed by atoms with E-state index < -0.39 is 27.0 Å². The van der Waals surface area contributed by atoms with Gasteiger partial charge in [0.25, 0.3) is 21.6 Å². The van der Waals surface area contributed by atoms with E-state index in [9.17, 15) is 22.0 Å². The molecule has 1 N–H and O–H groups in total. The first-order chi connectivity index (χ1) is 18.8. The van der Waals surface area contributed by atoms with E-state index in [4.69, 9.17) is 9.72 Å². The van der Waals surface area contributed by atoms with Gasteiger partial charge >= 0.3 is 0 Å². The lowest BCUT2D eigenvalue weighted by atomic mass is 9.95. The first kappa shape index (κ1) is 30.8. The number of nitrogens with zero attached hydrogens (tertiary/aromatic N) is 6. The molecule has 15 heteroatoms. The molecule has 11 nitrogen and oxygen atoms in total. The molecule has 0 radical (unpaired) electrons. The molecule has 1 saturated heterocycles. The van der Waals surface area contributed by atoms with Gasteiger partial charge in [-0.3, -0.25) is 9.48 Å². The monoisotopic (exact) mass is 611 g/mol. The van der Waals surface area contributed by atoms with Gasteiger partial charge in [0.05, 0.1) is 22.9 Å². The van der Waals surface area contributed by atoms with Gasteiger partial charge in [0.2, 0.25) is 5.88 Å². The van der Waals surface area contributed by atoms with E-state index in [0.29, 0.717) is 29.8 Å². The lowest BCUT2D eigenvalue weighted by Gasteiger charge is -2.34. The first-order valence-electron chi connectivity index (χ1n) is 13.0. The van der Waals surface area contributed by atoms with Gasteiger partial charge in [-0.15, -0.1) is 5.10 Å².